The monoisotopic (exact) mass is 391 g/mol. The summed E-state index contributed by atoms with van der Waals surface area (Å²) in [6, 6.07) is 3.68. The summed E-state index contributed by atoms with van der Waals surface area (Å²) >= 11 is 0. The van der Waals surface area contributed by atoms with Crippen LogP contribution in [0.3, 0.4) is 0 Å². The Balaban J connectivity index is 2.25. The second-order valence-corrected chi connectivity index (χ2v) is 7.49. The molecule has 0 bridgehead atoms. The quantitative estimate of drug-likeness (QED) is 0.435. The smallest absolute Gasteiger partial charge is 0.328 e. The largest absolute Gasteiger partial charge is 0.467 e. The van der Waals surface area contributed by atoms with E-state index in [1.165, 1.54) is 13.2 Å². The van der Waals surface area contributed by atoms with E-state index in [1.54, 1.807) is 12.1 Å². The fraction of sp³-hybridized carbons (Fsp3) is 0.600. The van der Waals surface area contributed by atoms with Crippen molar-refractivity contribution >= 4 is 23.3 Å². The van der Waals surface area contributed by atoms with E-state index >= 15 is 0 Å². The number of piperidine rings is 1. The fourth-order valence-electron chi connectivity index (χ4n) is 3.35. The molecule has 1 saturated heterocycles. The topological polar surface area (TPSA) is 102 Å². The maximum Gasteiger partial charge on any atom is 0.328 e. The van der Waals surface area contributed by atoms with Gasteiger partial charge >= 0.3 is 5.97 Å². The zero-order valence-corrected chi connectivity index (χ0v) is 16.9. The highest BCUT2D eigenvalue weighted by Gasteiger charge is 2.29. The Hall–Kier alpha value is -2.64. The first-order valence-electron chi connectivity index (χ1n) is 9.70. The van der Waals surface area contributed by atoms with Gasteiger partial charge in [0, 0.05) is 24.7 Å². The number of carbonyl (C=O) groups excluding carboxylic acids is 2. The molecule has 0 aliphatic carbocycles. The Morgan fingerprint density at radius 1 is 1.36 bits per heavy atom. The minimum absolute atomic E-state index is 0.0969. The van der Waals surface area contributed by atoms with Crippen LogP contribution >= 0.6 is 0 Å². The summed E-state index contributed by atoms with van der Waals surface area (Å²) in [6.45, 7) is 7.43. The molecule has 2 atom stereocenters. The molecule has 2 unspecified atom stereocenters. The number of esters is 1. The van der Waals surface area contributed by atoms with Crippen molar-refractivity contribution in [1.82, 2.24) is 5.32 Å². The molecule has 0 saturated carbocycles. The van der Waals surface area contributed by atoms with Gasteiger partial charge in [0.25, 0.3) is 11.6 Å². The number of nitro benzene ring substituents is 1. The molecule has 1 aromatic rings. The summed E-state index contributed by atoms with van der Waals surface area (Å²) in [7, 11) is 1.27. The minimum atomic E-state index is -0.801. The van der Waals surface area contributed by atoms with Crippen molar-refractivity contribution in [3.63, 3.8) is 0 Å². The molecular weight excluding hydrogens is 362 g/mol. The van der Waals surface area contributed by atoms with Gasteiger partial charge in [-0.1, -0.05) is 27.2 Å². The van der Waals surface area contributed by atoms with Gasteiger partial charge in [-0.15, -0.1) is 0 Å². The van der Waals surface area contributed by atoms with Crippen LogP contribution in [-0.2, 0) is 9.53 Å². The average molecular weight is 391 g/mol. The number of ether oxygens (including phenoxy) is 1. The van der Waals surface area contributed by atoms with Crippen LogP contribution in [0.25, 0.3) is 0 Å². The van der Waals surface area contributed by atoms with Crippen molar-refractivity contribution in [3.05, 3.63) is 33.9 Å². The summed E-state index contributed by atoms with van der Waals surface area (Å²) in [4.78, 5) is 37.8. The molecule has 1 amide bonds. The van der Waals surface area contributed by atoms with Gasteiger partial charge in [0.05, 0.1) is 12.0 Å². The lowest BCUT2D eigenvalue weighted by molar-refractivity contribution is -0.384. The third-order valence-corrected chi connectivity index (χ3v) is 5.51. The summed E-state index contributed by atoms with van der Waals surface area (Å²) < 4.78 is 4.77. The van der Waals surface area contributed by atoms with E-state index in [4.69, 9.17) is 4.74 Å². The van der Waals surface area contributed by atoms with Gasteiger partial charge in [-0.05, 0) is 36.8 Å². The van der Waals surface area contributed by atoms with Crippen molar-refractivity contribution in [2.24, 2.45) is 11.8 Å². The first kappa shape index (κ1) is 21.7. The van der Waals surface area contributed by atoms with Crippen molar-refractivity contribution in [1.29, 1.82) is 0 Å². The average Bonchev–Trinajstić information content (AvgIpc) is 2.70. The maximum absolute atomic E-state index is 12.6. The van der Waals surface area contributed by atoms with Gasteiger partial charge in [0.1, 0.15) is 11.7 Å². The minimum Gasteiger partial charge on any atom is -0.467 e. The molecule has 0 spiro atoms. The SMILES string of the molecule is CCC(C)C(NC(=O)c1ccc(N2CCC(C)CC2)c([N+](=O)[O-])c1)C(=O)OC. The molecule has 28 heavy (non-hydrogen) atoms. The predicted molar refractivity (Wildman–Crippen MR) is 106 cm³/mol. The molecular formula is C20H29N3O5. The first-order chi connectivity index (χ1) is 13.3. The normalized spacial score (nSPS) is 16.9. The van der Waals surface area contributed by atoms with Crippen molar-refractivity contribution < 1.29 is 19.2 Å². The molecule has 0 aromatic heterocycles. The molecule has 2 rings (SSSR count). The number of carbonyl (C=O) groups is 2. The molecule has 8 heteroatoms. The molecule has 1 aromatic carbocycles. The molecule has 154 valence electrons. The van der Waals surface area contributed by atoms with Gasteiger partial charge in [-0.3, -0.25) is 14.9 Å². The molecule has 1 aliphatic heterocycles. The number of hydrogen-bond donors (Lipinski definition) is 1. The Kier molecular flexibility index (Phi) is 7.37. The molecule has 1 heterocycles. The molecule has 0 radical (unpaired) electrons. The summed E-state index contributed by atoms with van der Waals surface area (Å²) in [5.74, 6) is -0.578. The highest BCUT2D eigenvalue weighted by molar-refractivity contribution is 5.98. The van der Waals surface area contributed by atoms with Crippen LogP contribution in [0.5, 0.6) is 0 Å². The molecule has 1 aliphatic rings. The highest BCUT2D eigenvalue weighted by Crippen LogP contribution is 2.32. The summed E-state index contributed by atoms with van der Waals surface area (Å²) in [5, 5.41) is 14.3. The van der Waals surface area contributed by atoms with Crippen molar-refractivity contribution in [2.75, 3.05) is 25.1 Å². The van der Waals surface area contributed by atoms with Crippen LogP contribution in [0, 0.1) is 22.0 Å². The van der Waals surface area contributed by atoms with E-state index in [9.17, 15) is 19.7 Å². The van der Waals surface area contributed by atoms with Crippen LogP contribution in [0.15, 0.2) is 18.2 Å². The van der Waals surface area contributed by atoms with Crippen LogP contribution in [0.4, 0.5) is 11.4 Å². The lowest BCUT2D eigenvalue weighted by atomic mass is 9.98. The standard InChI is InChI=1S/C20H29N3O5/c1-5-14(3)18(20(25)28-4)21-19(24)15-6-7-16(17(12-15)23(26)27)22-10-8-13(2)9-11-22/h6-7,12-14,18H,5,8-11H2,1-4H3,(H,21,24). The zero-order valence-electron chi connectivity index (χ0n) is 16.9. The number of amides is 1. The van der Waals surface area contributed by atoms with Crippen LogP contribution in [0.1, 0.15) is 50.4 Å². The van der Waals surface area contributed by atoms with E-state index in [2.05, 4.69) is 12.2 Å². The highest BCUT2D eigenvalue weighted by atomic mass is 16.6. The zero-order chi connectivity index (χ0) is 20.8. The third-order valence-electron chi connectivity index (χ3n) is 5.51. The molecule has 8 nitrogen and oxygen atoms in total. The van der Waals surface area contributed by atoms with E-state index in [1.807, 2.05) is 18.7 Å². The number of methoxy groups -OCH3 is 1. The van der Waals surface area contributed by atoms with Gasteiger partial charge in [-0.25, -0.2) is 4.79 Å². The Bertz CT molecular complexity index is 729. The number of anilines is 1. The fourth-order valence-corrected chi connectivity index (χ4v) is 3.35. The Morgan fingerprint density at radius 3 is 2.54 bits per heavy atom. The molecule has 1 fully saturated rings. The van der Waals surface area contributed by atoms with Crippen LogP contribution < -0.4 is 10.2 Å². The maximum atomic E-state index is 12.6. The van der Waals surface area contributed by atoms with Crippen molar-refractivity contribution in [2.45, 2.75) is 46.1 Å². The van der Waals surface area contributed by atoms with E-state index < -0.39 is 22.8 Å². The van der Waals surface area contributed by atoms with Gasteiger partial charge in [0.15, 0.2) is 0 Å². The number of hydrogen-bond acceptors (Lipinski definition) is 6. The van der Waals surface area contributed by atoms with E-state index in [0.29, 0.717) is 18.0 Å². The third kappa shape index (κ3) is 4.99. The second kappa shape index (κ2) is 9.52. The Labute approximate surface area is 165 Å². The number of nitrogens with one attached hydrogen (secondary N) is 1. The number of nitrogens with zero attached hydrogens (tertiary/aromatic N) is 2. The number of benzene rings is 1. The van der Waals surface area contributed by atoms with Crippen LogP contribution in [-0.4, -0.2) is 43.0 Å². The van der Waals surface area contributed by atoms with E-state index in [0.717, 1.165) is 25.9 Å². The van der Waals surface area contributed by atoms with Gasteiger partial charge in [0.2, 0.25) is 0 Å². The lowest BCUT2D eigenvalue weighted by Gasteiger charge is -2.31. The summed E-state index contributed by atoms with van der Waals surface area (Å²) in [6.07, 6.45) is 2.64. The lowest BCUT2D eigenvalue weighted by Crippen LogP contribution is -2.45. The predicted octanol–water partition coefficient (Wildman–Crippen LogP) is 3.15. The summed E-state index contributed by atoms with van der Waals surface area (Å²) in [5.41, 5.74) is 0.582. The molecule has 1 N–H and O–H groups in total. The van der Waals surface area contributed by atoms with Gasteiger partial charge < -0.3 is 15.0 Å². The van der Waals surface area contributed by atoms with Crippen LogP contribution in [0.2, 0.25) is 0 Å². The van der Waals surface area contributed by atoms with E-state index in [-0.39, 0.29) is 17.2 Å². The second-order valence-electron chi connectivity index (χ2n) is 7.49. The van der Waals surface area contributed by atoms with Crippen molar-refractivity contribution in [3.8, 4) is 0 Å². The Morgan fingerprint density at radius 2 is 2.00 bits per heavy atom. The first-order valence-corrected chi connectivity index (χ1v) is 9.70. The number of rotatable bonds is 7. The number of nitro groups is 1. The van der Waals surface area contributed by atoms with Gasteiger partial charge in [-0.2, -0.15) is 0 Å².